The number of nitrogens with zero attached hydrogens (tertiary/aromatic N) is 2. The van der Waals surface area contributed by atoms with Crippen LogP contribution in [0.1, 0.15) is 264 Å². The van der Waals surface area contributed by atoms with E-state index in [0.717, 1.165) is 0 Å². The molecular weight excluding hydrogens is 581 g/mol. The Balaban J connectivity index is 2.25. The number of rotatable bonds is 40. The van der Waals surface area contributed by atoms with Crippen molar-refractivity contribution < 1.29 is 4.57 Å². The third-order valence-electron chi connectivity index (χ3n) is 11.1. The minimum absolute atomic E-state index is 1.23. The van der Waals surface area contributed by atoms with Gasteiger partial charge in [0.2, 0.25) is 0 Å². The number of hydrogen-bond donors (Lipinski definition) is 0. The van der Waals surface area contributed by atoms with Crippen molar-refractivity contribution in [3.63, 3.8) is 0 Å². The lowest BCUT2D eigenvalue weighted by molar-refractivity contribution is -0.704. The van der Waals surface area contributed by atoms with E-state index in [-0.39, 0.29) is 0 Å². The van der Waals surface area contributed by atoms with Crippen LogP contribution in [0.25, 0.3) is 0 Å². The molecule has 284 valence electrons. The van der Waals surface area contributed by atoms with E-state index in [2.05, 4.69) is 42.3 Å². The molecule has 0 atom stereocenters. The summed E-state index contributed by atoms with van der Waals surface area (Å²) in [5, 5.41) is 0. The summed E-state index contributed by atoms with van der Waals surface area (Å²) in [4.78, 5) is 0. The molecule has 0 spiro atoms. The molecule has 1 rings (SSSR count). The highest BCUT2D eigenvalue weighted by Crippen LogP contribution is 2.16. The van der Waals surface area contributed by atoms with Crippen molar-refractivity contribution in [2.45, 2.75) is 278 Å². The molecule has 0 saturated carbocycles. The highest BCUT2D eigenvalue weighted by Gasteiger charge is 2.16. The Bertz CT molecular complexity index is 736. The summed E-state index contributed by atoms with van der Waals surface area (Å²) >= 11 is 0. The van der Waals surface area contributed by atoms with E-state index in [4.69, 9.17) is 0 Å². The largest absolute Gasteiger partial charge is 0.256 e. The highest BCUT2D eigenvalue weighted by molar-refractivity contribution is 4.84. The van der Waals surface area contributed by atoms with Crippen LogP contribution in [-0.4, -0.2) is 4.57 Å². The monoisotopic (exact) mass is 672 g/mol. The van der Waals surface area contributed by atoms with E-state index in [9.17, 15) is 0 Å². The number of aromatic nitrogens is 2. The molecule has 1 heterocycles. The van der Waals surface area contributed by atoms with Crippen molar-refractivity contribution in [1.82, 2.24) is 4.57 Å². The van der Waals surface area contributed by atoms with Gasteiger partial charge in [0, 0.05) is 6.42 Å². The number of hydrogen-bond acceptors (Lipinski definition) is 0. The zero-order chi connectivity index (χ0) is 34.4. The number of aryl methyl sites for hydroxylation is 2. The van der Waals surface area contributed by atoms with Gasteiger partial charge in [-0.3, -0.25) is 0 Å². The SMILES string of the molecule is CCCCCCCCCCCCCCCCCn1cc[n+](CCCCCCCCCCC)c1CCCCCCCCCCCCCCC. The van der Waals surface area contributed by atoms with E-state index in [1.807, 2.05) is 0 Å². The first-order valence-corrected chi connectivity index (χ1v) is 22.9. The van der Waals surface area contributed by atoms with Crippen molar-refractivity contribution >= 4 is 0 Å². The fourth-order valence-corrected chi connectivity index (χ4v) is 7.74. The number of imidazole rings is 1. The zero-order valence-electron chi connectivity index (χ0n) is 33.8. The lowest BCUT2D eigenvalue weighted by Crippen LogP contribution is -2.37. The van der Waals surface area contributed by atoms with Crippen LogP contribution in [0.5, 0.6) is 0 Å². The Morgan fingerprint density at radius 2 is 0.646 bits per heavy atom. The van der Waals surface area contributed by atoms with Gasteiger partial charge >= 0.3 is 0 Å². The maximum absolute atomic E-state index is 2.65. The predicted octanol–water partition coefficient (Wildman–Crippen LogP) is 15.8. The third-order valence-corrected chi connectivity index (χ3v) is 11.1. The molecule has 0 radical (unpaired) electrons. The summed E-state index contributed by atoms with van der Waals surface area (Å²) in [7, 11) is 0. The highest BCUT2D eigenvalue weighted by atomic mass is 15.1. The first-order valence-electron chi connectivity index (χ1n) is 22.9. The Morgan fingerprint density at radius 3 is 1.00 bits per heavy atom. The van der Waals surface area contributed by atoms with Crippen LogP contribution >= 0.6 is 0 Å². The maximum atomic E-state index is 2.65. The summed E-state index contributed by atoms with van der Waals surface area (Å²) in [5.41, 5.74) is 0. The second-order valence-corrected chi connectivity index (χ2v) is 15.9. The van der Waals surface area contributed by atoms with Crippen molar-refractivity contribution in [2.24, 2.45) is 0 Å². The molecule has 1 aromatic rings. The van der Waals surface area contributed by atoms with Gasteiger partial charge in [-0.2, -0.15) is 0 Å². The summed E-state index contributed by atoms with van der Waals surface area (Å²) in [6, 6.07) is 0. The number of unbranched alkanes of at least 4 members (excludes halogenated alkanes) is 34. The normalized spacial score (nSPS) is 11.6. The van der Waals surface area contributed by atoms with Gasteiger partial charge in [-0.25, -0.2) is 9.13 Å². The minimum Gasteiger partial charge on any atom is -0.234 e. The second kappa shape index (κ2) is 37.5. The van der Waals surface area contributed by atoms with Gasteiger partial charge in [0.15, 0.2) is 0 Å². The molecule has 0 amide bonds. The topological polar surface area (TPSA) is 8.81 Å². The molecule has 2 heteroatoms. The molecule has 1 aromatic heterocycles. The lowest BCUT2D eigenvalue weighted by atomic mass is 10.0. The summed E-state index contributed by atoms with van der Waals surface area (Å²) in [6.45, 7) is 9.41. The van der Waals surface area contributed by atoms with Gasteiger partial charge in [0.1, 0.15) is 12.4 Å². The van der Waals surface area contributed by atoms with Gasteiger partial charge in [-0.1, -0.05) is 226 Å². The first-order chi connectivity index (χ1) is 23.8. The molecule has 48 heavy (non-hydrogen) atoms. The molecule has 0 fully saturated rings. The molecule has 0 unspecified atom stereocenters. The molecular formula is C46H91N2+. The Hall–Kier alpha value is -0.790. The van der Waals surface area contributed by atoms with E-state index in [1.54, 1.807) is 5.82 Å². The van der Waals surface area contributed by atoms with E-state index in [0.29, 0.717) is 0 Å². The molecule has 0 aliphatic carbocycles. The Morgan fingerprint density at radius 1 is 0.354 bits per heavy atom. The quantitative estimate of drug-likeness (QED) is 0.0485. The van der Waals surface area contributed by atoms with Gasteiger partial charge in [-0.15, -0.1) is 0 Å². The molecule has 0 aliphatic heterocycles. The average molecular weight is 672 g/mol. The molecule has 0 aromatic carbocycles. The maximum Gasteiger partial charge on any atom is 0.256 e. The van der Waals surface area contributed by atoms with Crippen LogP contribution < -0.4 is 4.57 Å². The van der Waals surface area contributed by atoms with Gasteiger partial charge < -0.3 is 0 Å². The molecule has 0 N–H and O–H groups in total. The fraction of sp³-hybridized carbons (Fsp3) is 0.935. The summed E-state index contributed by atoms with van der Waals surface area (Å²) in [5.74, 6) is 1.63. The Kier molecular flexibility index (Phi) is 35.3. The average Bonchev–Trinajstić information content (AvgIpc) is 3.48. The molecule has 0 saturated heterocycles. The van der Waals surface area contributed by atoms with Crippen LogP contribution in [-0.2, 0) is 19.5 Å². The molecule has 0 bridgehead atoms. The van der Waals surface area contributed by atoms with Crippen LogP contribution in [0.4, 0.5) is 0 Å². The van der Waals surface area contributed by atoms with Crippen molar-refractivity contribution in [2.75, 3.05) is 0 Å². The predicted molar refractivity (Wildman–Crippen MR) is 216 cm³/mol. The van der Waals surface area contributed by atoms with Crippen molar-refractivity contribution in [3.05, 3.63) is 18.2 Å². The van der Waals surface area contributed by atoms with Crippen LogP contribution in [0.3, 0.4) is 0 Å². The second-order valence-electron chi connectivity index (χ2n) is 15.9. The van der Waals surface area contributed by atoms with Crippen LogP contribution in [0.15, 0.2) is 12.4 Å². The zero-order valence-corrected chi connectivity index (χ0v) is 33.8. The standard InChI is InChI=1S/C46H91N2/c1-4-7-10-13-16-19-21-23-24-26-28-31-34-37-40-43-48-45-44-47(42-39-36-33-30-18-15-12-9-6-3)46(48)41-38-35-32-29-27-25-22-20-17-14-11-8-5-2/h44-45H,4-43H2,1-3H3/q+1. The minimum atomic E-state index is 1.23. The smallest absolute Gasteiger partial charge is 0.234 e. The van der Waals surface area contributed by atoms with E-state index >= 15 is 0 Å². The van der Waals surface area contributed by atoms with E-state index < -0.39 is 0 Å². The lowest BCUT2D eigenvalue weighted by Gasteiger charge is -2.07. The molecule has 2 nitrogen and oxygen atoms in total. The van der Waals surface area contributed by atoms with E-state index in [1.165, 1.54) is 257 Å². The first kappa shape index (κ1) is 45.2. The van der Waals surface area contributed by atoms with Gasteiger partial charge in [-0.05, 0) is 32.1 Å². The van der Waals surface area contributed by atoms with Gasteiger partial charge in [0.25, 0.3) is 5.82 Å². The summed E-state index contributed by atoms with van der Waals surface area (Å²) in [6.07, 6.45) is 59.3. The van der Waals surface area contributed by atoms with Crippen LogP contribution in [0.2, 0.25) is 0 Å². The third kappa shape index (κ3) is 29.0. The van der Waals surface area contributed by atoms with Crippen LogP contribution in [0, 0.1) is 0 Å². The summed E-state index contributed by atoms with van der Waals surface area (Å²) < 4.78 is 5.30. The fourth-order valence-electron chi connectivity index (χ4n) is 7.74. The Labute approximate surface area is 304 Å². The van der Waals surface area contributed by atoms with Crippen molar-refractivity contribution in [1.29, 1.82) is 0 Å². The van der Waals surface area contributed by atoms with Gasteiger partial charge in [0.05, 0.1) is 13.1 Å². The molecule has 0 aliphatic rings. The van der Waals surface area contributed by atoms with Crippen molar-refractivity contribution in [3.8, 4) is 0 Å².